The van der Waals surface area contributed by atoms with Crippen molar-refractivity contribution in [3.05, 3.63) is 64.7 Å². The zero-order valence-electron chi connectivity index (χ0n) is 12.7. The third-order valence-corrected chi connectivity index (χ3v) is 3.92. The Hall–Kier alpha value is -1.80. The van der Waals surface area contributed by atoms with Gasteiger partial charge in [-0.1, -0.05) is 36.4 Å². The number of aryl methyl sites for hydroxylation is 1. The average molecular weight is 269 g/mol. The Morgan fingerprint density at radius 2 is 1.80 bits per heavy atom. The van der Waals surface area contributed by atoms with Crippen LogP contribution < -0.4 is 10.1 Å². The number of ether oxygens (including phenoxy) is 1. The van der Waals surface area contributed by atoms with E-state index in [-0.39, 0.29) is 6.04 Å². The highest BCUT2D eigenvalue weighted by atomic mass is 16.5. The Bertz CT molecular complexity index is 577. The maximum absolute atomic E-state index is 5.42. The van der Waals surface area contributed by atoms with Gasteiger partial charge < -0.3 is 10.1 Å². The number of benzene rings is 2. The number of rotatable bonds is 5. The second-order valence-corrected chi connectivity index (χ2v) is 5.20. The molecule has 0 radical (unpaired) electrons. The van der Waals surface area contributed by atoms with Crippen LogP contribution in [0.1, 0.15) is 35.2 Å². The van der Waals surface area contributed by atoms with Gasteiger partial charge >= 0.3 is 0 Å². The first kappa shape index (κ1) is 14.6. The van der Waals surface area contributed by atoms with Crippen LogP contribution in [-0.4, -0.2) is 7.11 Å². The molecular weight excluding hydrogens is 246 g/mol. The molecule has 0 unspecified atom stereocenters. The number of para-hydroxylation sites is 1. The number of hydrogen-bond donors (Lipinski definition) is 1. The molecule has 2 rings (SSSR count). The fourth-order valence-electron chi connectivity index (χ4n) is 2.40. The summed E-state index contributed by atoms with van der Waals surface area (Å²) in [5.74, 6) is 0.938. The lowest BCUT2D eigenvalue weighted by Gasteiger charge is -2.18. The molecule has 0 aliphatic heterocycles. The van der Waals surface area contributed by atoms with E-state index >= 15 is 0 Å². The molecule has 0 saturated carbocycles. The molecular formula is C18H23NO. The zero-order valence-corrected chi connectivity index (χ0v) is 12.7. The molecule has 0 heterocycles. The predicted molar refractivity (Wildman–Crippen MR) is 84.2 cm³/mol. The Kier molecular flexibility index (Phi) is 4.80. The molecule has 0 aliphatic rings. The molecule has 0 fully saturated rings. The molecule has 2 nitrogen and oxygen atoms in total. The van der Waals surface area contributed by atoms with Gasteiger partial charge in [-0.15, -0.1) is 0 Å². The van der Waals surface area contributed by atoms with Gasteiger partial charge in [0.25, 0.3) is 0 Å². The van der Waals surface area contributed by atoms with Crippen LogP contribution in [0.15, 0.2) is 42.5 Å². The van der Waals surface area contributed by atoms with Crippen molar-refractivity contribution in [3.63, 3.8) is 0 Å². The van der Waals surface area contributed by atoms with Gasteiger partial charge in [-0.25, -0.2) is 0 Å². The van der Waals surface area contributed by atoms with Crippen LogP contribution in [0, 0.1) is 13.8 Å². The van der Waals surface area contributed by atoms with Gasteiger partial charge in [0.05, 0.1) is 7.11 Å². The summed E-state index contributed by atoms with van der Waals surface area (Å²) in [6, 6.07) is 14.9. The minimum Gasteiger partial charge on any atom is -0.496 e. The summed E-state index contributed by atoms with van der Waals surface area (Å²) >= 11 is 0. The monoisotopic (exact) mass is 269 g/mol. The van der Waals surface area contributed by atoms with Crippen molar-refractivity contribution in [2.45, 2.75) is 33.4 Å². The van der Waals surface area contributed by atoms with E-state index in [1.807, 2.05) is 18.2 Å². The van der Waals surface area contributed by atoms with Crippen LogP contribution in [0.5, 0.6) is 5.75 Å². The number of hydrogen-bond acceptors (Lipinski definition) is 2. The smallest absolute Gasteiger partial charge is 0.123 e. The molecule has 0 bridgehead atoms. The van der Waals surface area contributed by atoms with E-state index in [1.165, 1.54) is 22.3 Å². The molecule has 106 valence electrons. The van der Waals surface area contributed by atoms with Crippen LogP contribution in [0.25, 0.3) is 0 Å². The Morgan fingerprint density at radius 1 is 1.05 bits per heavy atom. The standard InChI is InChI=1S/C18H23NO/c1-13-8-7-9-16(14(13)2)12-19-15(3)17-10-5-6-11-18(17)20-4/h5-11,15,19H,12H2,1-4H3/t15-/m1/s1. The topological polar surface area (TPSA) is 21.3 Å². The summed E-state index contributed by atoms with van der Waals surface area (Å²) in [4.78, 5) is 0. The van der Waals surface area contributed by atoms with E-state index in [2.05, 4.69) is 50.4 Å². The van der Waals surface area contributed by atoms with Crippen LogP contribution in [0.4, 0.5) is 0 Å². The van der Waals surface area contributed by atoms with E-state index < -0.39 is 0 Å². The van der Waals surface area contributed by atoms with Gasteiger partial charge in [0.15, 0.2) is 0 Å². The van der Waals surface area contributed by atoms with Crippen LogP contribution in [0.3, 0.4) is 0 Å². The summed E-state index contributed by atoms with van der Waals surface area (Å²) in [5.41, 5.74) is 5.26. The average Bonchev–Trinajstić information content (AvgIpc) is 2.48. The predicted octanol–water partition coefficient (Wildman–Crippen LogP) is 4.16. The maximum atomic E-state index is 5.42. The molecule has 0 aliphatic carbocycles. The SMILES string of the molecule is COc1ccccc1[C@@H](C)NCc1cccc(C)c1C. The first-order chi connectivity index (χ1) is 9.63. The van der Waals surface area contributed by atoms with Crippen LogP contribution in [-0.2, 0) is 6.54 Å². The lowest BCUT2D eigenvalue weighted by molar-refractivity contribution is 0.401. The van der Waals surface area contributed by atoms with E-state index in [0.717, 1.165) is 12.3 Å². The fourth-order valence-corrected chi connectivity index (χ4v) is 2.40. The highest BCUT2D eigenvalue weighted by molar-refractivity contribution is 5.36. The quantitative estimate of drug-likeness (QED) is 0.880. The van der Waals surface area contributed by atoms with Gasteiger partial charge in [0.2, 0.25) is 0 Å². The van der Waals surface area contributed by atoms with Gasteiger partial charge in [0.1, 0.15) is 5.75 Å². The Labute approximate surface area is 121 Å². The van der Waals surface area contributed by atoms with Gasteiger partial charge in [-0.2, -0.15) is 0 Å². The summed E-state index contributed by atoms with van der Waals surface area (Å²) in [6.45, 7) is 7.37. The molecule has 2 heteroatoms. The zero-order chi connectivity index (χ0) is 14.5. The lowest BCUT2D eigenvalue weighted by atomic mass is 10.0. The molecule has 1 atom stereocenters. The van der Waals surface area contributed by atoms with Crippen LogP contribution >= 0.6 is 0 Å². The first-order valence-electron chi connectivity index (χ1n) is 7.05. The molecule has 0 amide bonds. The van der Waals surface area contributed by atoms with E-state index in [4.69, 9.17) is 4.74 Å². The third kappa shape index (κ3) is 3.20. The second-order valence-electron chi connectivity index (χ2n) is 5.20. The highest BCUT2D eigenvalue weighted by Gasteiger charge is 2.10. The molecule has 0 saturated heterocycles. The first-order valence-corrected chi connectivity index (χ1v) is 7.05. The summed E-state index contributed by atoms with van der Waals surface area (Å²) in [7, 11) is 1.72. The van der Waals surface area contributed by atoms with Crippen molar-refractivity contribution in [1.82, 2.24) is 5.32 Å². The van der Waals surface area contributed by atoms with Gasteiger partial charge in [-0.3, -0.25) is 0 Å². The minimum absolute atomic E-state index is 0.256. The van der Waals surface area contributed by atoms with Crippen molar-refractivity contribution in [1.29, 1.82) is 0 Å². The summed E-state index contributed by atoms with van der Waals surface area (Å²) in [5, 5.41) is 3.58. The van der Waals surface area contributed by atoms with E-state index in [1.54, 1.807) is 7.11 Å². The van der Waals surface area contributed by atoms with Crippen molar-refractivity contribution in [2.24, 2.45) is 0 Å². The highest BCUT2D eigenvalue weighted by Crippen LogP contribution is 2.24. The summed E-state index contributed by atoms with van der Waals surface area (Å²) in [6.07, 6.45) is 0. The Balaban J connectivity index is 2.09. The summed E-state index contributed by atoms with van der Waals surface area (Å²) < 4.78 is 5.42. The van der Waals surface area contributed by atoms with E-state index in [0.29, 0.717) is 0 Å². The minimum atomic E-state index is 0.256. The van der Waals surface area contributed by atoms with Crippen molar-refractivity contribution in [3.8, 4) is 5.75 Å². The van der Waals surface area contributed by atoms with Gasteiger partial charge in [-0.05, 0) is 43.5 Å². The van der Waals surface area contributed by atoms with Crippen molar-refractivity contribution in [2.75, 3.05) is 7.11 Å². The van der Waals surface area contributed by atoms with Crippen molar-refractivity contribution >= 4 is 0 Å². The van der Waals surface area contributed by atoms with E-state index in [9.17, 15) is 0 Å². The molecule has 2 aromatic carbocycles. The van der Waals surface area contributed by atoms with Crippen molar-refractivity contribution < 1.29 is 4.74 Å². The second kappa shape index (κ2) is 6.58. The third-order valence-electron chi connectivity index (χ3n) is 3.92. The van der Waals surface area contributed by atoms with Crippen LogP contribution in [0.2, 0.25) is 0 Å². The number of methoxy groups -OCH3 is 1. The molecule has 2 aromatic rings. The molecule has 20 heavy (non-hydrogen) atoms. The normalized spacial score (nSPS) is 12.2. The lowest BCUT2D eigenvalue weighted by Crippen LogP contribution is -2.19. The molecule has 0 aromatic heterocycles. The molecule has 1 N–H and O–H groups in total. The maximum Gasteiger partial charge on any atom is 0.123 e. The number of nitrogens with one attached hydrogen (secondary N) is 1. The fraction of sp³-hybridized carbons (Fsp3) is 0.333. The Morgan fingerprint density at radius 3 is 2.55 bits per heavy atom. The van der Waals surface area contributed by atoms with Gasteiger partial charge in [0, 0.05) is 18.2 Å². The molecule has 0 spiro atoms. The largest absolute Gasteiger partial charge is 0.496 e.